The van der Waals surface area contributed by atoms with Crippen LogP contribution < -0.4 is 4.90 Å². The van der Waals surface area contributed by atoms with E-state index in [9.17, 15) is 0 Å². The molecule has 0 heterocycles. The average molecular weight is 104 g/mol. The van der Waals surface area contributed by atoms with Crippen LogP contribution in [0.3, 0.4) is 0 Å². The normalized spacial score (nSPS) is 10.3. The van der Waals surface area contributed by atoms with Crippen molar-refractivity contribution in [2.45, 2.75) is 0 Å². The summed E-state index contributed by atoms with van der Waals surface area (Å²) >= 11 is 0. The predicted octanol–water partition coefficient (Wildman–Crippen LogP) is -1.22. The molecule has 0 saturated carbocycles. The Kier molecular flexibility index (Phi) is 4.04. The minimum absolute atomic E-state index is 0.863. The van der Waals surface area contributed by atoms with Gasteiger partial charge in [0.1, 0.15) is 6.54 Å². The smallest absolute Gasteiger partial charge is 0.100 e. The van der Waals surface area contributed by atoms with Crippen molar-refractivity contribution in [3.63, 3.8) is 0 Å². The van der Waals surface area contributed by atoms with Crippen LogP contribution >= 0.6 is 0 Å². The van der Waals surface area contributed by atoms with Crippen molar-refractivity contribution in [3.05, 3.63) is 0 Å². The highest BCUT2D eigenvalue weighted by molar-refractivity contribution is 4.15. The van der Waals surface area contributed by atoms with E-state index in [2.05, 4.69) is 14.1 Å². The Morgan fingerprint density at radius 2 is 2.00 bits per heavy atom. The first-order valence-electron chi connectivity index (χ1n) is 2.55. The lowest BCUT2D eigenvalue weighted by Crippen LogP contribution is -3.06. The van der Waals surface area contributed by atoms with E-state index in [1.807, 2.05) is 0 Å². The zero-order chi connectivity index (χ0) is 5.70. The molecule has 0 radical (unpaired) electrons. The van der Waals surface area contributed by atoms with Crippen molar-refractivity contribution in [2.75, 3.05) is 34.4 Å². The molecule has 2 nitrogen and oxygen atoms in total. The zero-order valence-electron chi connectivity index (χ0n) is 5.32. The summed E-state index contributed by atoms with van der Waals surface area (Å²) < 4.78 is 4.83. The van der Waals surface area contributed by atoms with Crippen LogP contribution in [0, 0.1) is 0 Å². The van der Waals surface area contributed by atoms with Gasteiger partial charge in [0.25, 0.3) is 0 Å². The van der Waals surface area contributed by atoms with Crippen molar-refractivity contribution in [1.82, 2.24) is 0 Å². The summed E-state index contributed by atoms with van der Waals surface area (Å²) in [4.78, 5) is 1.43. The van der Waals surface area contributed by atoms with Crippen LogP contribution in [0.15, 0.2) is 0 Å². The van der Waals surface area contributed by atoms with Gasteiger partial charge in [0.2, 0.25) is 0 Å². The SMILES string of the molecule is COCC[NH+](C)C. The first kappa shape index (κ1) is 6.92. The monoisotopic (exact) mass is 104 g/mol. The molecule has 0 aliphatic rings. The third-order valence-corrected chi connectivity index (χ3v) is 0.806. The lowest BCUT2D eigenvalue weighted by atomic mass is 10.6. The second kappa shape index (κ2) is 4.09. The summed E-state index contributed by atoms with van der Waals surface area (Å²) in [6.07, 6.45) is 0. The predicted molar refractivity (Wildman–Crippen MR) is 29.6 cm³/mol. The Labute approximate surface area is 45.1 Å². The molecule has 0 bridgehead atoms. The van der Waals surface area contributed by atoms with Crippen LogP contribution in [0.4, 0.5) is 0 Å². The fraction of sp³-hybridized carbons (Fsp3) is 1.00. The van der Waals surface area contributed by atoms with E-state index in [-0.39, 0.29) is 0 Å². The molecule has 0 aliphatic heterocycles. The molecule has 0 rings (SSSR count). The van der Waals surface area contributed by atoms with E-state index >= 15 is 0 Å². The lowest BCUT2D eigenvalue weighted by molar-refractivity contribution is -0.858. The molecule has 2 heteroatoms. The van der Waals surface area contributed by atoms with Gasteiger partial charge in [-0.25, -0.2) is 0 Å². The van der Waals surface area contributed by atoms with E-state index in [0.29, 0.717) is 0 Å². The van der Waals surface area contributed by atoms with Crippen LogP contribution in [0.1, 0.15) is 0 Å². The molecule has 0 aromatic carbocycles. The highest BCUT2D eigenvalue weighted by atomic mass is 16.5. The van der Waals surface area contributed by atoms with Crippen molar-refractivity contribution < 1.29 is 9.64 Å². The van der Waals surface area contributed by atoms with Crippen LogP contribution in [0.2, 0.25) is 0 Å². The number of rotatable bonds is 3. The van der Waals surface area contributed by atoms with Gasteiger partial charge in [-0.1, -0.05) is 0 Å². The molecule has 44 valence electrons. The standard InChI is InChI=1S/C5H13NO/c1-6(2)4-5-7-3/h4-5H2,1-3H3/p+1. The van der Waals surface area contributed by atoms with Gasteiger partial charge < -0.3 is 9.64 Å². The molecule has 0 atom stereocenters. The molecule has 0 fully saturated rings. The second-order valence-corrected chi connectivity index (χ2v) is 1.95. The molecule has 0 unspecified atom stereocenters. The van der Waals surface area contributed by atoms with Crippen molar-refractivity contribution >= 4 is 0 Å². The second-order valence-electron chi connectivity index (χ2n) is 1.95. The van der Waals surface area contributed by atoms with E-state index < -0.39 is 0 Å². The van der Waals surface area contributed by atoms with Gasteiger partial charge in [0.15, 0.2) is 0 Å². The molecule has 1 N–H and O–H groups in total. The Bertz CT molecular complexity index is 37.1. The van der Waals surface area contributed by atoms with Crippen LogP contribution in [-0.2, 0) is 4.74 Å². The molecular formula is C5H14NO+. The van der Waals surface area contributed by atoms with Gasteiger partial charge in [0, 0.05) is 7.11 Å². The summed E-state index contributed by atoms with van der Waals surface area (Å²) in [7, 11) is 5.95. The Hall–Kier alpha value is -0.0800. The molecular weight excluding hydrogens is 90.1 g/mol. The van der Waals surface area contributed by atoms with Crippen LogP contribution in [-0.4, -0.2) is 34.4 Å². The van der Waals surface area contributed by atoms with Crippen LogP contribution in [0.25, 0.3) is 0 Å². The fourth-order valence-electron chi connectivity index (χ4n) is 0.306. The molecule has 0 aromatic rings. The van der Waals surface area contributed by atoms with Gasteiger partial charge in [-0.3, -0.25) is 0 Å². The molecule has 0 amide bonds. The van der Waals surface area contributed by atoms with Crippen molar-refractivity contribution in [1.29, 1.82) is 0 Å². The fourth-order valence-corrected chi connectivity index (χ4v) is 0.306. The third-order valence-electron chi connectivity index (χ3n) is 0.806. The van der Waals surface area contributed by atoms with Gasteiger partial charge >= 0.3 is 0 Å². The van der Waals surface area contributed by atoms with Gasteiger partial charge in [-0.2, -0.15) is 0 Å². The largest absolute Gasteiger partial charge is 0.379 e. The Morgan fingerprint density at radius 1 is 1.43 bits per heavy atom. The van der Waals surface area contributed by atoms with Crippen molar-refractivity contribution in [3.8, 4) is 0 Å². The minimum Gasteiger partial charge on any atom is -0.379 e. The molecule has 0 aromatic heterocycles. The van der Waals surface area contributed by atoms with Gasteiger partial charge in [-0.15, -0.1) is 0 Å². The zero-order valence-corrected chi connectivity index (χ0v) is 5.32. The molecule has 7 heavy (non-hydrogen) atoms. The number of hydrogen-bond donors (Lipinski definition) is 1. The van der Waals surface area contributed by atoms with Crippen LogP contribution in [0.5, 0.6) is 0 Å². The third kappa shape index (κ3) is 5.92. The summed E-state index contributed by atoms with van der Waals surface area (Å²) in [5.74, 6) is 0. The van der Waals surface area contributed by atoms with E-state index in [1.165, 1.54) is 4.90 Å². The highest BCUT2D eigenvalue weighted by Crippen LogP contribution is 1.54. The van der Waals surface area contributed by atoms with E-state index in [0.717, 1.165) is 13.2 Å². The first-order chi connectivity index (χ1) is 3.27. The summed E-state index contributed by atoms with van der Waals surface area (Å²) in [5, 5.41) is 0. The molecule has 0 saturated heterocycles. The number of hydrogen-bond acceptors (Lipinski definition) is 1. The average Bonchev–Trinajstić information content (AvgIpc) is 1.61. The highest BCUT2D eigenvalue weighted by Gasteiger charge is 1.87. The summed E-state index contributed by atoms with van der Waals surface area (Å²) in [5.41, 5.74) is 0. The quantitative estimate of drug-likeness (QED) is 0.473. The Morgan fingerprint density at radius 3 is 2.14 bits per heavy atom. The maximum atomic E-state index is 4.83. The van der Waals surface area contributed by atoms with E-state index in [1.54, 1.807) is 7.11 Å². The minimum atomic E-state index is 0.863. The van der Waals surface area contributed by atoms with Gasteiger partial charge in [-0.05, 0) is 0 Å². The summed E-state index contributed by atoms with van der Waals surface area (Å²) in [6.45, 7) is 1.96. The number of ether oxygens (including phenoxy) is 1. The molecule has 0 spiro atoms. The van der Waals surface area contributed by atoms with Crippen molar-refractivity contribution in [2.24, 2.45) is 0 Å². The number of likely N-dealkylation sites (N-methyl/N-ethyl adjacent to an activating group) is 1. The summed E-state index contributed by atoms with van der Waals surface area (Å²) in [6, 6.07) is 0. The number of methoxy groups -OCH3 is 1. The Balaban J connectivity index is 2.68. The van der Waals surface area contributed by atoms with Gasteiger partial charge in [0.05, 0.1) is 20.7 Å². The maximum absolute atomic E-state index is 4.83. The topological polar surface area (TPSA) is 13.7 Å². The lowest BCUT2D eigenvalue weighted by Gasteiger charge is -2.03. The maximum Gasteiger partial charge on any atom is 0.100 e. The molecule has 0 aliphatic carbocycles. The number of quaternary nitrogens is 1. The van der Waals surface area contributed by atoms with E-state index in [4.69, 9.17) is 4.74 Å². The first-order valence-corrected chi connectivity index (χ1v) is 2.55. The number of nitrogens with one attached hydrogen (secondary N) is 1.